The number of hydrogen-bond acceptors (Lipinski definition) is 6. The lowest BCUT2D eigenvalue weighted by molar-refractivity contribution is -0.0512. The van der Waals surface area contributed by atoms with Gasteiger partial charge in [0.2, 0.25) is 0 Å². The van der Waals surface area contributed by atoms with E-state index in [0.29, 0.717) is 24.2 Å². The highest BCUT2D eigenvalue weighted by atomic mass is 19.3. The number of ether oxygens (including phenoxy) is 2. The molecular weight excluding hydrogens is 439 g/mol. The first kappa shape index (κ1) is 23.5. The number of methoxy groups -OCH3 is 1. The number of anilines is 1. The Morgan fingerprint density at radius 1 is 1.24 bits per heavy atom. The van der Waals surface area contributed by atoms with Gasteiger partial charge in [-0.25, -0.2) is 9.07 Å². The number of aryl methyl sites for hydroxylation is 1. The van der Waals surface area contributed by atoms with Crippen molar-refractivity contribution in [1.82, 2.24) is 15.1 Å². The van der Waals surface area contributed by atoms with Crippen molar-refractivity contribution in [2.24, 2.45) is 0 Å². The molecule has 0 saturated carbocycles. The lowest BCUT2D eigenvalue weighted by Crippen LogP contribution is -2.25. The summed E-state index contributed by atoms with van der Waals surface area (Å²) in [7, 11) is 1.28. The van der Waals surface area contributed by atoms with Crippen LogP contribution in [0.15, 0.2) is 42.5 Å². The number of nitrogen functional groups attached to an aromatic ring is 1. The number of nitrogens with zero attached hydrogens (tertiary/aromatic N) is 3. The molecule has 0 aliphatic rings. The molecule has 0 fully saturated rings. The summed E-state index contributed by atoms with van der Waals surface area (Å²) in [5.74, 6) is -0.879. The van der Waals surface area contributed by atoms with Crippen molar-refractivity contribution >= 4 is 11.7 Å². The highest BCUT2D eigenvalue weighted by Gasteiger charge is 2.17. The van der Waals surface area contributed by atoms with Gasteiger partial charge in [-0.15, -0.1) is 0 Å². The van der Waals surface area contributed by atoms with Gasteiger partial charge in [0.15, 0.2) is 11.5 Å². The number of rotatable bonds is 9. The molecule has 1 aromatic heterocycles. The molecule has 0 unspecified atom stereocenters. The Bertz CT molecular complexity index is 1170. The van der Waals surface area contributed by atoms with Crippen molar-refractivity contribution < 1.29 is 27.4 Å². The van der Waals surface area contributed by atoms with Crippen LogP contribution >= 0.6 is 0 Å². The summed E-state index contributed by atoms with van der Waals surface area (Å²) in [4.78, 5) is 12.4. The minimum absolute atomic E-state index is 0.00317. The molecule has 3 aromatic rings. The van der Waals surface area contributed by atoms with E-state index >= 15 is 0 Å². The van der Waals surface area contributed by atoms with Crippen molar-refractivity contribution in [2.75, 3.05) is 19.4 Å². The number of carbonyl (C=O) groups excluding carboxylic acids is 1. The quantitative estimate of drug-likeness (QED) is 0.474. The van der Waals surface area contributed by atoms with Crippen molar-refractivity contribution in [2.45, 2.75) is 19.5 Å². The second-order valence-corrected chi connectivity index (χ2v) is 6.81. The van der Waals surface area contributed by atoms with Crippen LogP contribution in [0.25, 0.3) is 5.69 Å². The van der Waals surface area contributed by atoms with Crippen LogP contribution in [0.1, 0.15) is 28.0 Å². The molecule has 33 heavy (non-hydrogen) atoms. The molecule has 1 heterocycles. The lowest BCUT2D eigenvalue weighted by atomic mass is 10.1. The second kappa shape index (κ2) is 10.4. The Labute approximate surface area is 187 Å². The lowest BCUT2D eigenvalue weighted by Gasteiger charge is -2.11. The average molecular weight is 459 g/mol. The molecule has 3 rings (SSSR count). The fourth-order valence-corrected chi connectivity index (χ4v) is 3.12. The summed E-state index contributed by atoms with van der Waals surface area (Å²) in [6.07, 6.45) is 0.802. The van der Waals surface area contributed by atoms with E-state index in [-0.39, 0.29) is 35.0 Å². The van der Waals surface area contributed by atoms with Crippen LogP contribution < -0.4 is 20.5 Å². The summed E-state index contributed by atoms with van der Waals surface area (Å²) in [5, 5.41) is 16.5. The standard InChI is InChI=1S/C22H20F3N5O3/c1-32-19-11-13(4-9-18(19)33-22(24)25)21(31)28-10-2-3-17-16(12-26)20(27)30(29-17)15-7-5-14(23)6-8-15/h4-9,11,22H,2-3,10,27H2,1H3,(H,28,31). The van der Waals surface area contributed by atoms with E-state index in [0.717, 1.165) is 0 Å². The number of nitrogens with one attached hydrogen (secondary N) is 1. The number of carbonyl (C=O) groups is 1. The van der Waals surface area contributed by atoms with Gasteiger partial charge < -0.3 is 20.5 Å². The van der Waals surface area contributed by atoms with E-state index in [9.17, 15) is 23.2 Å². The Balaban J connectivity index is 1.62. The largest absolute Gasteiger partial charge is 0.493 e. The van der Waals surface area contributed by atoms with E-state index < -0.39 is 18.3 Å². The minimum Gasteiger partial charge on any atom is -0.493 e. The van der Waals surface area contributed by atoms with Gasteiger partial charge in [0, 0.05) is 12.1 Å². The fourth-order valence-electron chi connectivity index (χ4n) is 3.12. The van der Waals surface area contributed by atoms with E-state index in [1.54, 1.807) is 0 Å². The van der Waals surface area contributed by atoms with Crippen LogP contribution in [0.5, 0.6) is 11.5 Å². The number of alkyl halides is 2. The van der Waals surface area contributed by atoms with E-state index in [4.69, 9.17) is 10.5 Å². The van der Waals surface area contributed by atoms with E-state index in [2.05, 4.69) is 15.2 Å². The molecule has 3 N–H and O–H groups in total. The van der Waals surface area contributed by atoms with Gasteiger partial charge >= 0.3 is 6.61 Å². The van der Waals surface area contributed by atoms with Crippen molar-refractivity contribution in [3.63, 3.8) is 0 Å². The molecule has 8 nitrogen and oxygen atoms in total. The summed E-state index contributed by atoms with van der Waals surface area (Å²) in [6.45, 7) is -2.76. The zero-order chi connectivity index (χ0) is 24.0. The molecular formula is C22H20F3N5O3. The van der Waals surface area contributed by atoms with Crippen LogP contribution in [-0.4, -0.2) is 36.0 Å². The Morgan fingerprint density at radius 2 is 1.97 bits per heavy atom. The maximum atomic E-state index is 13.2. The van der Waals surface area contributed by atoms with Crippen LogP contribution in [0.3, 0.4) is 0 Å². The Hall–Kier alpha value is -4.20. The predicted molar refractivity (Wildman–Crippen MR) is 113 cm³/mol. The third-order valence-corrected chi connectivity index (χ3v) is 4.69. The van der Waals surface area contributed by atoms with Crippen LogP contribution in [-0.2, 0) is 6.42 Å². The summed E-state index contributed by atoms with van der Waals surface area (Å²) < 4.78 is 48.7. The third kappa shape index (κ3) is 5.54. The normalized spacial score (nSPS) is 10.7. The highest BCUT2D eigenvalue weighted by molar-refractivity contribution is 5.94. The summed E-state index contributed by atoms with van der Waals surface area (Å²) >= 11 is 0. The molecule has 0 aliphatic heterocycles. The van der Waals surface area contributed by atoms with Crippen molar-refractivity contribution in [1.29, 1.82) is 5.26 Å². The van der Waals surface area contributed by atoms with Crippen LogP contribution in [0.2, 0.25) is 0 Å². The van der Waals surface area contributed by atoms with Crippen molar-refractivity contribution in [3.05, 3.63) is 65.1 Å². The molecule has 1 amide bonds. The topological polar surface area (TPSA) is 115 Å². The number of nitrogens with two attached hydrogens (primary N) is 1. The first-order valence-electron chi connectivity index (χ1n) is 9.78. The highest BCUT2D eigenvalue weighted by Crippen LogP contribution is 2.29. The molecule has 0 radical (unpaired) electrons. The molecule has 2 aromatic carbocycles. The first-order chi connectivity index (χ1) is 15.8. The van der Waals surface area contributed by atoms with Crippen LogP contribution in [0.4, 0.5) is 19.0 Å². The fraction of sp³-hybridized carbons (Fsp3) is 0.227. The van der Waals surface area contributed by atoms with Gasteiger partial charge in [-0.2, -0.15) is 19.1 Å². The van der Waals surface area contributed by atoms with Crippen molar-refractivity contribution in [3.8, 4) is 23.3 Å². The minimum atomic E-state index is -3.02. The van der Waals surface area contributed by atoms with Gasteiger partial charge in [-0.1, -0.05) is 0 Å². The van der Waals surface area contributed by atoms with Gasteiger partial charge in [-0.05, 0) is 55.3 Å². The molecule has 0 spiro atoms. The molecule has 11 heteroatoms. The van der Waals surface area contributed by atoms with Gasteiger partial charge in [0.25, 0.3) is 5.91 Å². The number of nitriles is 1. The maximum Gasteiger partial charge on any atom is 0.387 e. The number of hydrogen-bond donors (Lipinski definition) is 2. The molecule has 172 valence electrons. The Morgan fingerprint density at radius 3 is 2.61 bits per heavy atom. The predicted octanol–water partition coefficient (Wildman–Crippen LogP) is 3.44. The molecule has 0 aliphatic carbocycles. The Kier molecular flexibility index (Phi) is 7.40. The number of aromatic nitrogens is 2. The van der Waals surface area contributed by atoms with Crippen LogP contribution in [0, 0.1) is 17.1 Å². The zero-order valence-electron chi connectivity index (χ0n) is 17.5. The van der Waals surface area contributed by atoms with E-state index in [1.807, 2.05) is 6.07 Å². The monoisotopic (exact) mass is 459 g/mol. The molecule has 0 atom stereocenters. The second-order valence-electron chi connectivity index (χ2n) is 6.81. The van der Waals surface area contributed by atoms with Gasteiger partial charge in [0.05, 0.1) is 18.5 Å². The molecule has 0 saturated heterocycles. The van der Waals surface area contributed by atoms with Gasteiger partial charge in [0.1, 0.15) is 23.3 Å². The van der Waals surface area contributed by atoms with Gasteiger partial charge in [-0.3, -0.25) is 4.79 Å². The number of halogens is 3. The SMILES string of the molecule is COc1cc(C(=O)NCCCc2nn(-c3ccc(F)cc3)c(N)c2C#N)ccc1OC(F)F. The average Bonchev–Trinajstić information content (AvgIpc) is 3.12. The zero-order valence-corrected chi connectivity index (χ0v) is 17.5. The third-order valence-electron chi connectivity index (χ3n) is 4.69. The number of benzene rings is 2. The maximum absolute atomic E-state index is 13.2. The summed E-state index contributed by atoms with van der Waals surface area (Å²) in [5.41, 5.74) is 7.41. The summed E-state index contributed by atoms with van der Waals surface area (Å²) in [6, 6.07) is 11.4. The smallest absolute Gasteiger partial charge is 0.387 e. The van der Waals surface area contributed by atoms with E-state index in [1.165, 1.54) is 54.3 Å². The first-order valence-corrected chi connectivity index (χ1v) is 9.78. The number of amides is 1. The molecule has 0 bridgehead atoms.